The Kier molecular flexibility index (Phi) is 5.46. The molecule has 5 rings (SSSR count). The van der Waals surface area contributed by atoms with Crippen molar-refractivity contribution in [1.29, 1.82) is 5.26 Å². The fourth-order valence-electron chi connectivity index (χ4n) is 5.48. The minimum atomic E-state index is -0.185. The van der Waals surface area contributed by atoms with Crippen molar-refractivity contribution in [2.75, 3.05) is 37.7 Å². The minimum Gasteiger partial charge on any atom is -0.489 e. The van der Waals surface area contributed by atoms with E-state index in [4.69, 9.17) is 21.3 Å². The summed E-state index contributed by atoms with van der Waals surface area (Å²) in [7, 11) is 0. The number of hydrogen-bond acceptors (Lipinski definition) is 6. The molecule has 33 heavy (non-hydrogen) atoms. The minimum absolute atomic E-state index is 0.0667. The fourth-order valence-corrected chi connectivity index (χ4v) is 5.77. The Balaban J connectivity index is 1.77. The van der Waals surface area contributed by atoms with E-state index >= 15 is 0 Å². The van der Waals surface area contributed by atoms with Crippen LogP contribution in [0.4, 0.5) is 5.82 Å². The molecule has 3 aliphatic heterocycles. The van der Waals surface area contributed by atoms with Crippen molar-refractivity contribution in [3.8, 4) is 23.1 Å². The number of piperazine rings is 1. The molecule has 0 spiro atoms. The standard InChI is InChI=1S/C25H28ClN5O2/c1-15-10-25(2,3)31(13-15)23-19-22(33-14-17-12-28-8-9-30(17)24(19)32)20(26)21(29-23)18-7-5-4-6-16(18)11-27/h4-7,15,17,28H,8-10,12-14H2,1-3H3/t15?,17-/m1/s1. The van der Waals surface area contributed by atoms with Crippen molar-refractivity contribution in [3.05, 3.63) is 40.4 Å². The van der Waals surface area contributed by atoms with Crippen molar-refractivity contribution in [2.45, 2.75) is 38.8 Å². The maximum Gasteiger partial charge on any atom is 0.261 e. The molecule has 1 unspecified atom stereocenters. The predicted molar refractivity (Wildman–Crippen MR) is 128 cm³/mol. The van der Waals surface area contributed by atoms with Crippen LogP contribution in [0.15, 0.2) is 24.3 Å². The zero-order valence-corrected chi connectivity index (χ0v) is 19.9. The SMILES string of the molecule is CC1CN(c2nc(-c3ccccc3C#N)c(Cl)c3c2C(=O)N2CCNC[C@@H]2CO3)C(C)(C)C1. The number of nitrogens with zero attached hydrogens (tertiary/aromatic N) is 4. The maximum absolute atomic E-state index is 13.9. The molecule has 0 aliphatic carbocycles. The number of halogens is 1. The number of hydrogen-bond donors (Lipinski definition) is 1. The van der Waals surface area contributed by atoms with Gasteiger partial charge in [-0.15, -0.1) is 0 Å². The molecule has 2 saturated heterocycles. The largest absolute Gasteiger partial charge is 0.489 e. The Morgan fingerprint density at radius 1 is 1.33 bits per heavy atom. The highest BCUT2D eigenvalue weighted by Gasteiger charge is 2.43. The molecule has 0 bridgehead atoms. The lowest BCUT2D eigenvalue weighted by atomic mass is 9.97. The molecule has 2 fully saturated rings. The summed E-state index contributed by atoms with van der Waals surface area (Å²) in [5.41, 5.74) is 1.84. The molecule has 2 atom stereocenters. The van der Waals surface area contributed by atoms with Crippen LogP contribution in [0.1, 0.15) is 43.1 Å². The number of pyridine rings is 1. The van der Waals surface area contributed by atoms with Gasteiger partial charge in [0.05, 0.1) is 23.4 Å². The molecule has 3 aliphatic rings. The van der Waals surface area contributed by atoms with Gasteiger partial charge in [-0.05, 0) is 32.3 Å². The lowest BCUT2D eigenvalue weighted by Crippen LogP contribution is -2.55. The third-order valence-electron chi connectivity index (χ3n) is 6.95. The number of carbonyl (C=O) groups is 1. The molecule has 0 radical (unpaired) electrons. The van der Waals surface area contributed by atoms with Crippen molar-refractivity contribution in [2.24, 2.45) is 5.92 Å². The molecule has 1 aromatic heterocycles. The van der Waals surface area contributed by atoms with Crippen LogP contribution in [0.25, 0.3) is 11.3 Å². The van der Waals surface area contributed by atoms with Gasteiger partial charge in [0.1, 0.15) is 23.0 Å². The number of aromatic nitrogens is 1. The first kappa shape index (κ1) is 22.0. The predicted octanol–water partition coefficient (Wildman–Crippen LogP) is 3.70. The molecule has 1 N–H and O–H groups in total. The zero-order valence-electron chi connectivity index (χ0n) is 19.2. The molecule has 2 aromatic rings. The third kappa shape index (κ3) is 3.62. The quantitative estimate of drug-likeness (QED) is 0.728. The topological polar surface area (TPSA) is 81.5 Å². The average Bonchev–Trinajstić information content (AvgIpc) is 2.99. The van der Waals surface area contributed by atoms with Crippen LogP contribution in [0, 0.1) is 17.2 Å². The number of anilines is 1. The number of nitrogens with one attached hydrogen (secondary N) is 1. The Hall–Kier alpha value is -2.82. The van der Waals surface area contributed by atoms with Gasteiger partial charge in [-0.25, -0.2) is 4.98 Å². The van der Waals surface area contributed by atoms with E-state index in [1.165, 1.54) is 0 Å². The second-order valence-electron chi connectivity index (χ2n) is 9.86. The van der Waals surface area contributed by atoms with E-state index in [0.29, 0.717) is 59.6 Å². The van der Waals surface area contributed by atoms with E-state index in [9.17, 15) is 10.1 Å². The lowest BCUT2D eigenvalue weighted by Gasteiger charge is -2.36. The number of ether oxygens (including phenoxy) is 1. The number of nitriles is 1. The molecule has 0 saturated carbocycles. The maximum atomic E-state index is 13.9. The van der Waals surface area contributed by atoms with E-state index in [1.54, 1.807) is 6.07 Å². The fraction of sp³-hybridized carbons (Fsp3) is 0.480. The molecule has 4 heterocycles. The van der Waals surface area contributed by atoms with Crippen LogP contribution >= 0.6 is 11.6 Å². The smallest absolute Gasteiger partial charge is 0.261 e. The van der Waals surface area contributed by atoms with Gasteiger partial charge < -0.3 is 19.9 Å². The highest BCUT2D eigenvalue weighted by molar-refractivity contribution is 6.35. The van der Waals surface area contributed by atoms with Gasteiger partial charge in [0.25, 0.3) is 5.91 Å². The van der Waals surface area contributed by atoms with Crippen molar-refractivity contribution in [3.63, 3.8) is 0 Å². The van der Waals surface area contributed by atoms with Gasteiger partial charge >= 0.3 is 0 Å². The lowest BCUT2D eigenvalue weighted by molar-refractivity contribution is 0.0606. The first-order valence-corrected chi connectivity index (χ1v) is 11.8. The highest BCUT2D eigenvalue weighted by Crippen LogP contribution is 2.47. The van der Waals surface area contributed by atoms with Gasteiger partial charge in [0.15, 0.2) is 5.75 Å². The van der Waals surface area contributed by atoms with Gasteiger partial charge in [0, 0.05) is 37.3 Å². The summed E-state index contributed by atoms with van der Waals surface area (Å²) in [6.07, 6.45) is 0.988. The Labute approximate surface area is 199 Å². The zero-order chi connectivity index (χ0) is 23.3. The second-order valence-corrected chi connectivity index (χ2v) is 10.2. The molecule has 1 amide bonds. The van der Waals surface area contributed by atoms with E-state index in [0.717, 1.165) is 19.5 Å². The summed E-state index contributed by atoms with van der Waals surface area (Å²) in [6, 6.07) is 9.44. The summed E-state index contributed by atoms with van der Waals surface area (Å²) in [4.78, 5) is 23.0. The van der Waals surface area contributed by atoms with E-state index < -0.39 is 0 Å². The Morgan fingerprint density at radius 2 is 2.12 bits per heavy atom. The van der Waals surface area contributed by atoms with E-state index in [-0.39, 0.29) is 22.5 Å². The average molecular weight is 466 g/mol. The highest BCUT2D eigenvalue weighted by atomic mass is 35.5. The molecule has 7 nitrogen and oxygen atoms in total. The summed E-state index contributed by atoms with van der Waals surface area (Å²) in [5.74, 6) is 1.33. The Bertz CT molecular complexity index is 1160. The number of benzene rings is 1. The van der Waals surface area contributed by atoms with Crippen LogP contribution in [-0.2, 0) is 0 Å². The van der Waals surface area contributed by atoms with Crippen LogP contribution in [0.5, 0.6) is 5.75 Å². The molecular formula is C25H28ClN5O2. The van der Waals surface area contributed by atoms with E-state index in [2.05, 4.69) is 37.1 Å². The van der Waals surface area contributed by atoms with Crippen LogP contribution in [0.2, 0.25) is 5.02 Å². The van der Waals surface area contributed by atoms with Gasteiger partial charge in [0.2, 0.25) is 0 Å². The second kappa shape index (κ2) is 8.19. The number of rotatable bonds is 2. The van der Waals surface area contributed by atoms with Crippen LogP contribution in [-0.4, -0.2) is 60.2 Å². The third-order valence-corrected chi connectivity index (χ3v) is 7.30. The summed E-state index contributed by atoms with van der Waals surface area (Å²) in [6.45, 7) is 9.74. The molecule has 172 valence electrons. The first-order valence-electron chi connectivity index (χ1n) is 11.5. The van der Waals surface area contributed by atoms with Crippen LogP contribution in [0.3, 0.4) is 0 Å². The normalized spacial score (nSPS) is 23.9. The van der Waals surface area contributed by atoms with Crippen LogP contribution < -0.4 is 15.0 Å². The summed E-state index contributed by atoms with van der Waals surface area (Å²) in [5, 5.41) is 13.3. The van der Waals surface area contributed by atoms with Gasteiger partial charge in [-0.2, -0.15) is 5.26 Å². The van der Waals surface area contributed by atoms with Crippen molar-refractivity contribution in [1.82, 2.24) is 15.2 Å². The number of carbonyl (C=O) groups excluding carboxylic acids is 1. The molecule has 8 heteroatoms. The first-order chi connectivity index (χ1) is 15.8. The number of fused-ring (bicyclic) bond motifs is 2. The van der Waals surface area contributed by atoms with Crippen molar-refractivity contribution >= 4 is 23.3 Å². The Morgan fingerprint density at radius 3 is 2.85 bits per heavy atom. The molecular weight excluding hydrogens is 438 g/mol. The monoisotopic (exact) mass is 465 g/mol. The summed E-state index contributed by atoms with van der Waals surface area (Å²) < 4.78 is 6.27. The summed E-state index contributed by atoms with van der Waals surface area (Å²) >= 11 is 6.90. The van der Waals surface area contributed by atoms with Gasteiger partial charge in [-0.3, -0.25) is 4.79 Å². The van der Waals surface area contributed by atoms with Crippen molar-refractivity contribution < 1.29 is 9.53 Å². The van der Waals surface area contributed by atoms with E-state index in [1.807, 2.05) is 23.1 Å². The van der Waals surface area contributed by atoms with Gasteiger partial charge in [-0.1, -0.05) is 36.7 Å². The number of amides is 1. The molecule has 1 aromatic carbocycles.